The molecule has 0 aliphatic rings. The van der Waals surface area contributed by atoms with Gasteiger partial charge >= 0.3 is 0 Å². The number of anilines is 2. The summed E-state index contributed by atoms with van der Waals surface area (Å²) in [5.41, 5.74) is 5.35. The number of carbonyl (C=O) groups is 1. The molecule has 0 fully saturated rings. The number of amides is 1. The molecule has 0 aliphatic heterocycles. The molecule has 2 heterocycles. The van der Waals surface area contributed by atoms with Crippen molar-refractivity contribution in [2.45, 2.75) is 0 Å². The van der Waals surface area contributed by atoms with Gasteiger partial charge < -0.3 is 15.5 Å². The standard InChI is InChI=1S/C10H9N3O2/c11-8-5-4-7(15-8)10(14)13-9-3-1-2-6-12-9/h1-6H,11H2,(H,12,13,14). The number of aromatic nitrogens is 1. The van der Waals surface area contributed by atoms with Crippen molar-refractivity contribution in [3.63, 3.8) is 0 Å². The predicted octanol–water partition coefficient (Wildman–Crippen LogP) is 1.51. The Morgan fingerprint density at radius 1 is 1.33 bits per heavy atom. The minimum atomic E-state index is -0.370. The molecule has 0 bridgehead atoms. The summed E-state index contributed by atoms with van der Waals surface area (Å²) in [5.74, 6) is 0.474. The van der Waals surface area contributed by atoms with Crippen LogP contribution in [0.5, 0.6) is 0 Å². The van der Waals surface area contributed by atoms with Gasteiger partial charge in [-0.15, -0.1) is 0 Å². The highest BCUT2D eigenvalue weighted by Gasteiger charge is 2.10. The summed E-state index contributed by atoms with van der Waals surface area (Å²) in [4.78, 5) is 15.5. The lowest BCUT2D eigenvalue weighted by molar-refractivity contribution is 0.0997. The van der Waals surface area contributed by atoms with Gasteiger partial charge in [-0.05, 0) is 18.2 Å². The highest BCUT2D eigenvalue weighted by Crippen LogP contribution is 2.11. The number of furan rings is 1. The van der Waals surface area contributed by atoms with Crippen LogP contribution in [0.25, 0.3) is 0 Å². The molecule has 0 aromatic carbocycles. The summed E-state index contributed by atoms with van der Waals surface area (Å²) >= 11 is 0. The Labute approximate surface area is 85.9 Å². The van der Waals surface area contributed by atoms with Gasteiger partial charge in [0.2, 0.25) is 0 Å². The van der Waals surface area contributed by atoms with Crippen LogP contribution in [-0.2, 0) is 0 Å². The Morgan fingerprint density at radius 3 is 2.80 bits per heavy atom. The molecule has 2 aromatic heterocycles. The third-order valence-corrected chi connectivity index (χ3v) is 1.76. The maximum Gasteiger partial charge on any atom is 0.292 e. The van der Waals surface area contributed by atoms with E-state index >= 15 is 0 Å². The molecule has 0 saturated heterocycles. The smallest absolute Gasteiger partial charge is 0.292 e. The van der Waals surface area contributed by atoms with Gasteiger partial charge in [0.25, 0.3) is 5.91 Å². The van der Waals surface area contributed by atoms with Crippen molar-refractivity contribution in [2.24, 2.45) is 0 Å². The summed E-state index contributed by atoms with van der Waals surface area (Å²) < 4.78 is 4.96. The maximum atomic E-state index is 11.5. The van der Waals surface area contributed by atoms with Crippen LogP contribution in [0.4, 0.5) is 11.7 Å². The summed E-state index contributed by atoms with van der Waals surface area (Å²) in [6.45, 7) is 0. The average molecular weight is 203 g/mol. The Kier molecular flexibility index (Phi) is 2.37. The SMILES string of the molecule is Nc1ccc(C(=O)Nc2ccccn2)o1. The van der Waals surface area contributed by atoms with Crippen molar-refractivity contribution >= 4 is 17.6 Å². The number of pyridine rings is 1. The molecule has 0 unspecified atom stereocenters. The lowest BCUT2D eigenvalue weighted by Gasteiger charge is -2.00. The summed E-state index contributed by atoms with van der Waals surface area (Å²) in [5, 5.41) is 2.57. The second-order valence-corrected chi connectivity index (χ2v) is 2.87. The molecule has 3 N–H and O–H groups in total. The normalized spacial score (nSPS) is 9.87. The van der Waals surface area contributed by atoms with Crippen molar-refractivity contribution in [1.29, 1.82) is 0 Å². The van der Waals surface area contributed by atoms with E-state index in [0.717, 1.165) is 0 Å². The van der Waals surface area contributed by atoms with Crippen molar-refractivity contribution in [2.75, 3.05) is 11.1 Å². The monoisotopic (exact) mass is 203 g/mol. The Morgan fingerprint density at radius 2 is 2.20 bits per heavy atom. The molecule has 0 spiro atoms. The average Bonchev–Trinajstić information content (AvgIpc) is 2.66. The number of nitrogens with one attached hydrogen (secondary N) is 1. The highest BCUT2D eigenvalue weighted by molar-refractivity contribution is 6.01. The number of hydrogen-bond acceptors (Lipinski definition) is 4. The van der Waals surface area contributed by atoms with E-state index in [1.807, 2.05) is 0 Å². The molecular formula is C10H9N3O2. The van der Waals surface area contributed by atoms with Crippen LogP contribution in [-0.4, -0.2) is 10.9 Å². The molecule has 15 heavy (non-hydrogen) atoms. The van der Waals surface area contributed by atoms with Crippen molar-refractivity contribution in [1.82, 2.24) is 4.98 Å². The molecule has 5 heteroatoms. The molecule has 2 aromatic rings. The van der Waals surface area contributed by atoms with Gasteiger partial charge in [-0.2, -0.15) is 0 Å². The van der Waals surface area contributed by atoms with Gasteiger partial charge in [0, 0.05) is 12.3 Å². The molecular weight excluding hydrogens is 194 g/mol. The van der Waals surface area contributed by atoms with Gasteiger partial charge in [-0.1, -0.05) is 6.07 Å². The third-order valence-electron chi connectivity index (χ3n) is 1.76. The predicted molar refractivity (Wildman–Crippen MR) is 55.3 cm³/mol. The topological polar surface area (TPSA) is 81.2 Å². The quantitative estimate of drug-likeness (QED) is 0.775. The van der Waals surface area contributed by atoms with Crippen LogP contribution >= 0.6 is 0 Å². The Balaban J connectivity index is 2.11. The number of hydrogen-bond donors (Lipinski definition) is 2. The minimum absolute atomic E-state index is 0.165. The van der Waals surface area contributed by atoms with Gasteiger partial charge in [0.1, 0.15) is 5.82 Å². The first-order valence-corrected chi connectivity index (χ1v) is 4.33. The summed E-state index contributed by atoms with van der Waals surface area (Å²) in [6, 6.07) is 8.25. The van der Waals surface area contributed by atoms with Gasteiger partial charge in [0.05, 0.1) is 0 Å². The molecule has 76 valence electrons. The zero-order chi connectivity index (χ0) is 10.7. The number of nitrogen functional groups attached to an aromatic ring is 1. The van der Waals surface area contributed by atoms with E-state index in [9.17, 15) is 4.79 Å². The molecule has 2 rings (SSSR count). The molecule has 0 radical (unpaired) electrons. The second-order valence-electron chi connectivity index (χ2n) is 2.87. The van der Waals surface area contributed by atoms with Crippen LogP contribution in [0, 0.1) is 0 Å². The zero-order valence-corrected chi connectivity index (χ0v) is 7.81. The van der Waals surface area contributed by atoms with Crippen LogP contribution in [0.2, 0.25) is 0 Å². The fourth-order valence-corrected chi connectivity index (χ4v) is 1.09. The molecule has 1 amide bonds. The van der Waals surface area contributed by atoms with Gasteiger partial charge in [0.15, 0.2) is 11.6 Å². The molecule has 5 nitrogen and oxygen atoms in total. The van der Waals surface area contributed by atoms with E-state index < -0.39 is 0 Å². The van der Waals surface area contributed by atoms with Crippen molar-refractivity contribution in [3.05, 3.63) is 42.3 Å². The van der Waals surface area contributed by atoms with E-state index in [4.69, 9.17) is 10.2 Å². The van der Waals surface area contributed by atoms with Crippen LogP contribution in [0.3, 0.4) is 0 Å². The van der Waals surface area contributed by atoms with Gasteiger partial charge in [-0.25, -0.2) is 4.98 Å². The lowest BCUT2D eigenvalue weighted by Crippen LogP contribution is -2.11. The minimum Gasteiger partial charge on any atom is -0.436 e. The van der Waals surface area contributed by atoms with Crippen LogP contribution < -0.4 is 11.1 Å². The number of nitrogens with two attached hydrogens (primary N) is 1. The van der Waals surface area contributed by atoms with E-state index in [1.165, 1.54) is 12.1 Å². The summed E-state index contributed by atoms with van der Waals surface area (Å²) in [7, 11) is 0. The Hall–Kier alpha value is -2.30. The van der Waals surface area contributed by atoms with Crippen molar-refractivity contribution < 1.29 is 9.21 Å². The largest absolute Gasteiger partial charge is 0.436 e. The van der Waals surface area contributed by atoms with E-state index in [2.05, 4.69) is 10.3 Å². The number of carbonyl (C=O) groups excluding carboxylic acids is 1. The Bertz CT molecular complexity index is 465. The number of nitrogens with zero attached hydrogens (tertiary/aromatic N) is 1. The zero-order valence-electron chi connectivity index (χ0n) is 7.81. The highest BCUT2D eigenvalue weighted by atomic mass is 16.4. The first kappa shape index (κ1) is 9.26. The lowest BCUT2D eigenvalue weighted by atomic mass is 10.4. The first-order chi connectivity index (χ1) is 7.25. The van der Waals surface area contributed by atoms with Crippen LogP contribution in [0.1, 0.15) is 10.6 Å². The van der Waals surface area contributed by atoms with E-state index in [1.54, 1.807) is 24.4 Å². The maximum absolute atomic E-state index is 11.5. The fourth-order valence-electron chi connectivity index (χ4n) is 1.09. The number of rotatable bonds is 2. The van der Waals surface area contributed by atoms with E-state index in [0.29, 0.717) is 5.82 Å². The molecule has 0 aliphatic carbocycles. The third kappa shape index (κ3) is 2.14. The second kappa shape index (κ2) is 3.83. The van der Waals surface area contributed by atoms with Crippen LogP contribution in [0.15, 0.2) is 40.9 Å². The van der Waals surface area contributed by atoms with Gasteiger partial charge in [-0.3, -0.25) is 4.79 Å². The first-order valence-electron chi connectivity index (χ1n) is 4.33. The molecule has 0 atom stereocenters. The van der Waals surface area contributed by atoms with Crippen molar-refractivity contribution in [3.8, 4) is 0 Å². The fraction of sp³-hybridized carbons (Fsp3) is 0. The van der Waals surface area contributed by atoms with E-state index in [-0.39, 0.29) is 17.6 Å². The molecule has 0 saturated carbocycles. The summed E-state index contributed by atoms with van der Waals surface area (Å²) in [6.07, 6.45) is 1.59.